The van der Waals surface area contributed by atoms with Crippen LogP contribution in [0.5, 0.6) is 0 Å². The highest BCUT2D eigenvalue weighted by atomic mass is 79.9. The summed E-state index contributed by atoms with van der Waals surface area (Å²) in [6.45, 7) is 4.68. The lowest BCUT2D eigenvalue weighted by Crippen LogP contribution is -2.47. The fourth-order valence-electron chi connectivity index (χ4n) is 6.69. The van der Waals surface area contributed by atoms with E-state index in [1.54, 1.807) is 17.1 Å². The van der Waals surface area contributed by atoms with Crippen LogP contribution in [-0.4, -0.2) is 47.4 Å². The molecular formula is C33H34BrFN4O2. The van der Waals surface area contributed by atoms with Crippen molar-refractivity contribution in [2.75, 3.05) is 24.5 Å². The minimum absolute atomic E-state index is 0.00211. The van der Waals surface area contributed by atoms with Gasteiger partial charge in [-0.05, 0) is 89.2 Å². The third-order valence-corrected chi connectivity index (χ3v) is 9.71. The third-order valence-electron chi connectivity index (χ3n) is 8.86. The Morgan fingerprint density at radius 3 is 2.17 bits per heavy atom. The molecule has 3 heterocycles. The van der Waals surface area contributed by atoms with E-state index in [4.69, 9.17) is 0 Å². The number of amides is 2. The molecule has 2 amide bonds. The monoisotopic (exact) mass is 616 g/mol. The molecule has 0 aliphatic carbocycles. The lowest BCUT2D eigenvalue weighted by molar-refractivity contribution is -0.140. The van der Waals surface area contributed by atoms with Gasteiger partial charge in [-0.3, -0.25) is 19.5 Å². The number of benzene rings is 3. The molecule has 3 aromatic rings. The van der Waals surface area contributed by atoms with Crippen molar-refractivity contribution < 1.29 is 14.0 Å². The molecule has 6 rings (SSSR count). The van der Waals surface area contributed by atoms with Crippen LogP contribution in [0.4, 0.5) is 10.1 Å². The first-order valence-corrected chi connectivity index (χ1v) is 15.1. The number of piperidine rings is 1. The largest absolute Gasteiger partial charge is 0.301 e. The Hall–Kier alpha value is -3.33. The fourth-order valence-corrected chi connectivity index (χ4v) is 7.27. The maximum absolute atomic E-state index is 14.1. The Bertz CT molecular complexity index is 1440. The lowest BCUT2D eigenvalue weighted by atomic mass is 9.70. The van der Waals surface area contributed by atoms with Gasteiger partial charge in [-0.25, -0.2) is 9.82 Å². The summed E-state index contributed by atoms with van der Waals surface area (Å²) in [6.07, 6.45) is 2.23. The molecule has 8 heteroatoms. The summed E-state index contributed by atoms with van der Waals surface area (Å²) >= 11 is 3.64. The van der Waals surface area contributed by atoms with Crippen LogP contribution in [0.2, 0.25) is 0 Å². The number of rotatable bonds is 7. The molecule has 2 fully saturated rings. The van der Waals surface area contributed by atoms with Crippen molar-refractivity contribution in [3.8, 4) is 0 Å². The molecule has 3 aromatic carbocycles. The van der Waals surface area contributed by atoms with Crippen molar-refractivity contribution in [2.45, 2.75) is 44.8 Å². The normalized spacial score (nSPS) is 22.8. The number of carbonyl (C=O) groups excluding carboxylic acids is 2. The first-order valence-electron chi connectivity index (χ1n) is 14.3. The molecule has 1 spiro atoms. The van der Waals surface area contributed by atoms with E-state index < -0.39 is 5.41 Å². The maximum atomic E-state index is 14.1. The quantitative estimate of drug-likeness (QED) is 0.355. The van der Waals surface area contributed by atoms with Crippen LogP contribution in [0.15, 0.2) is 95.0 Å². The molecular weight excluding hydrogens is 583 g/mol. The predicted octanol–water partition coefficient (Wildman–Crippen LogP) is 5.97. The van der Waals surface area contributed by atoms with E-state index in [9.17, 15) is 14.0 Å². The van der Waals surface area contributed by atoms with Crippen molar-refractivity contribution in [3.63, 3.8) is 0 Å². The van der Waals surface area contributed by atoms with Gasteiger partial charge in [0.15, 0.2) is 0 Å². The highest BCUT2D eigenvalue weighted by Gasteiger charge is 2.55. The number of hydrogen-bond acceptors (Lipinski definition) is 4. The van der Waals surface area contributed by atoms with Crippen molar-refractivity contribution in [1.82, 2.24) is 15.3 Å². The van der Waals surface area contributed by atoms with Gasteiger partial charge in [0, 0.05) is 12.2 Å². The molecule has 0 aromatic heterocycles. The zero-order valence-electron chi connectivity index (χ0n) is 23.1. The maximum Gasteiger partial charge on any atom is 0.265 e. The zero-order valence-corrected chi connectivity index (χ0v) is 24.7. The minimum Gasteiger partial charge on any atom is -0.301 e. The van der Waals surface area contributed by atoms with Crippen LogP contribution in [0.3, 0.4) is 0 Å². The summed E-state index contributed by atoms with van der Waals surface area (Å²) < 4.78 is 14.2. The molecule has 3 aliphatic rings. The lowest BCUT2D eigenvalue weighted by Gasteiger charge is -2.41. The summed E-state index contributed by atoms with van der Waals surface area (Å²) in [7, 11) is 0. The van der Waals surface area contributed by atoms with E-state index in [0.29, 0.717) is 30.4 Å². The minimum atomic E-state index is -0.574. The summed E-state index contributed by atoms with van der Waals surface area (Å²) in [5, 5.41) is 1.72. The number of hydrazine groups is 1. The summed E-state index contributed by atoms with van der Waals surface area (Å²) in [4.78, 5) is 31.7. The van der Waals surface area contributed by atoms with Gasteiger partial charge in [-0.15, -0.1) is 0 Å². The molecule has 41 heavy (non-hydrogen) atoms. The molecule has 0 bridgehead atoms. The number of hydrogen-bond donors (Lipinski definition) is 1. The second-order valence-electron chi connectivity index (χ2n) is 11.2. The number of halogens is 2. The number of likely N-dealkylation sites (tertiary alicyclic amines) is 1. The molecule has 1 N–H and O–H groups in total. The van der Waals surface area contributed by atoms with Crippen LogP contribution in [0.1, 0.15) is 43.4 Å². The molecule has 0 radical (unpaired) electrons. The number of carbonyl (C=O) groups is 2. The molecule has 2 atom stereocenters. The van der Waals surface area contributed by atoms with Gasteiger partial charge in [0.1, 0.15) is 5.82 Å². The van der Waals surface area contributed by atoms with E-state index in [2.05, 4.69) is 45.3 Å². The molecule has 212 valence electrons. The second kappa shape index (κ2) is 11.5. The van der Waals surface area contributed by atoms with Crippen molar-refractivity contribution >= 4 is 33.4 Å². The number of anilines is 1. The average Bonchev–Trinajstić information content (AvgIpc) is 3.41. The van der Waals surface area contributed by atoms with Gasteiger partial charge in [-0.1, -0.05) is 67.6 Å². The standard InChI is InChI=1S/C33H34BrFN4O2/c1-2-28-27(29(34)31(40)39(28)26-11-7-4-8-12-26)22-37-19-17-33(18-20-37)30(24-9-5-3-6-10-24)36-38(32(33)41)21-23-13-15-25(35)16-14-23/h3-16,28,30,36H,2,17-22H2,1H3. The average molecular weight is 618 g/mol. The van der Waals surface area contributed by atoms with Gasteiger partial charge in [0.05, 0.1) is 28.5 Å². The predicted molar refractivity (Wildman–Crippen MR) is 161 cm³/mol. The molecule has 0 saturated carbocycles. The number of para-hydroxylation sites is 1. The first-order chi connectivity index (χ1) is 19.9. The Labute approximate surface area is 248 Å². The van der Waals surface area contributed by atoms with Crippen LogP contribution in [0, 0.1) is 11.2 Å². The Kier molecular flexibility index (Phi) is 7.81. The highest BCUT2D eigenvalue weighted by Crippen LogP contribution is 2.49. The van der Waals surface area contributed by atoms with Crippen molar-refractivity contribution in [2.24, 2.45) is 5.41 Å². The van der Waals surface area contributed by atoms with Crippen molar-refractivity contribution in [1.29, 1.82) is 0 Å². The summed E-state index contributed by atoms with van der Waals surface area (Å²) in [5.74, 6) is -0.195. The Balaban J connectivity index is 1.21. The van der Waals surface area contributed by atoms with Gasteiger partial charge in [0.2, 0.25) is 5.91 Å². The van der Waals surface area contributed by atoms with E-state index >= 15 is 0 Å². The fraction of sp³-hybridized carbons (Fsp3) is 0.333. The van der Waals surface area contributed by atoms with Crippen LogP contribution in [0.25, 0.3) is 0 Å². The van der Waals surface area contributed by atoms with Crippen LogP contribution >= 0.6 is 15.9 Å². The molecule has 2 saturated heterocycles. The van der Waals surface area contributed by atoms with E-state index in [1.807, 2.05) is 53.4 Å². The zero-order chi connectivity index (χ0) is 28.6. The van der Waals surface area contributed by atoms with Crippen LogP contribution in [-0.2, 0) is 16.1 Å². The molecule has 3 aliphatic heterocycles. The molecule has 6 nitrogen and oxygen atoms in total. The Morgan fingerprint density at radius 2 is 1.54 bits per heavy atom. The number of nitrogens with zero attached hydrogens (tertiary/aromatic N) is 3. The Morgan fingerprint density at radius 1 is 0.902 bits per heavy atom. The molecule has 2 unspecified atom stereocenters. The topological polar surface area (TPSA) is 55.9 Å². The van der Waals surface area contributed by atoms with E-state index in [0.717, 1.165) is 41.9 Å². The van der Waals surface area contributed by atoms with E-state index in [1.165, 1.54) is 12.1 Å². The highest BCUT2D eigenvalue weighted by molar-refractivity contribution is 9.12. The van der Waals surface area contributed by atoms with Gasteiger partial charge in [-0.2, -0.15) is 0 Å². The first kappa shape index (κ1) is 27.8. The third kappa shape index (κ3) is 5.13. The van der Waals surface area contributed by atoms with Gasteiger partial charge in [0.25, 0.3) is 5.91 Å². The van der Waals surface area contributed by atoms with Gasteiger partial charge < -0.3 is 4.90 Å². The van der Waals surface area contributed by atoms with E-state index in [-0.39, 0.29) is 29.7 Å². The van der Waals surface area contributed by atoms with Gasteiger partial charge >= 0.3 is 0 Å². The summed E-state index contributed by atoms with van der Waals surface area (Å²) in [5.41, 5.74) is 6.93. The van der Waals surface area contributed by atoms with Crippen LogP contribution < -0.4 is 10.3 Å². The van der Waals surface area contributed by atoms with Crippen molar-refractivity contribution in [3.05, 3.63) is 112 Å². The SMILES string of the molecule is CCC1C(CN2CCC3(CC2)C(=O)N(Cc2ccc(F)cc2)NC3c2ccccc2)=C(Br)C(=O)N1c1ccccc1. The second-order valence-corrected chi connectivity index (χ2v) is 12.0. The number of nitrogens with one attached hydrogen (secondary N) is 1. The smallest absolute Gasteiger partial charge is 0.265 e. The summed E-state index contributed by atoms with van der Waals surface area (Å²) in [6, 6.07) is 26.2.